The van der Waals surface area contributed by atoms with E-state index in [1.165, 1.54) is 9.13 Å². The monoisotopic (exact) mass is 445 g/mol. The van der Waals surface area contributed by atoms with Crippen LogP contribution in [0.1, 0.15) is 24.5 Å². The maximum atomic E-state index is 13.5. The van der Waals surface area contributed by atoms with Crippen LogP contribution in [0.15, 0.2) is 58.1 Å². The Balaban J connectivity index is 1.63. The van der Waals surface area contributed by atoms with Crippen LogP contribution in [-0.4, -0.2) is 31.8 Å². The highest BCUT2D eigenvalue weighted by Gasteiger charge is 2.27. The SMILES string of the molecule is CCOc1ccc(N2CCCn3c2nc2c3c(=O)n(Cc3cccc(C)c3)c(=O)n2C)cc1. The first-order valence-electron chi connectivity index (χ1n) is 11.2. The van der Waals surface area contributed by atoms with Gasteiger partial charge in [0.25, 0.3) is 5.56 Å². The third-order valence-electron chi connectivity index (χ3n) is 6.10. The molecule has 0 saturated heterocycles. The fraction of sp³-hybridized carbons (Fsp3) is 0.320. The van der Waals surface area contributed by atoms with Gasteiger partial charge in [-0.3, -0.25) is 13.9 Å². The Morgan fingerprint density at radius 3 is 2.58 bits per heavy atom. The topological polar surface area (TPSA) is 74.3 Å². The van der Waals surface area contributed by atoms with Crippen LogP contribution < -0.4 is 20.9 Å². The van der Waals surface area contributed by atoms with Crippen LogP contribution in [0.5, 0.6) is 5.75 Å². The lowest BCUT2D eigenvalue weighted by Crippen LogP contribution is -2.40. The van der Waals surface area contributed by atoms with E-state index in [4.69, 9.17) is 9.72 Å². The Hall–Kier alpha value is -3.81. The van der Waals surface area contributed by atoms with Crippen molar-refractivity contribution in [3.8, 4) is 5.75 Å². The lowest BCUT2D eigenvalue weighted by Gasteiger charge is -2.29. The summed E-state index contributed by atoms with van der Waals surface area (Å²) in [5.74, 6) is 1.49. The number of anilines is 2. The highest BCUT2D eigenvalue weighted by molar-refractivity contribution is 5.77. The largest absolute Gasteiger partial charge is 0.494 e. The molecule has 3 heterocycles. The van der Waals surface area contributed by atoms with E-state index in [0.717, 1.165) is 35.5 Å². The second-order valence-electron chi connectivity index (χ2n) is 8.39. The van der Waals surface area contributed by atoms with Crippen LogP contribution in [0, 0.1) is 6.92 Å². The predicted octanol–water partition coefficient (Wildman–Crippen LogP) is 3.19. The maximum Gasteiger partial charge on any atom is 0.332 e. The first-order chi connectivity index (χ1) is 16.0. The summed E-state index contributed by atoms with van der Waals surface area (Å²) in [5, 5.41) is 0. The van der Waals surface area contributed by atoms with E-state index in [1.54, 1.807) is 7.05 Å². The van der Waals surface area contributed by atoms with Crippen molar-refractivity contribution < 1.29 is 4.74 Å². The molecule has 0 spiro atoms. The summed E-state index contributed by atoms with van der Waals surface area (Å²) in [5.41, 5.74) is 3.20. The molecular formula is C25H27N5O3. The molecule has 1 aliphatic rings. The Kier molecular flexibility index (Phi) is 5.28. The fourth-order valence-corrected chi connectivity index (χ4v) is 4.53. The molecule has 33 heavy (non-hydrogen) atoms. The van der Waals surface area contributed by atoms with Gasteiger partial charge in [0.1, 0.15) is 5.75 Å². The summed E-state index contributed by atoms with van der Waals surface area (Å²) in [6.07, 6.45) is 0.867. The maximum absolute atomic E-state index is 13.5. The zero-order valence-electron chi connectivity index (χ0n) is 19.1. The second kappa shape index (κ2) is 8.27. The Bertz CT molecular complexity index is 1450. The summed E-state index contributed by atoms with van der Waals surface area (Å²) < 4.78 is 10.3. The van der Waals surface area contributed by atoms with Crippen molar-refractivity contribution in [3.63, 3.8) is 0 Å². The number of benzene rings is 2. The summed E-state index contributed by atoms with van der Waals surface area (Å²) in [6.45, 7) is 6.25. The highest BCUT2D eigenvalue weighted by atomic mass is 16.5. The van der Waals surface area contributed by atoms with Crippen LogP contribution in [0.2, 0.25) is 0 Å². The van der Waals surface area contributed by atoms with Gasteiger partial charge in [0.15, 0.2) is 11.2 Å². The van der Waals surface area contributed by atoms with Crippen molar-refractivity contribution in [2.75, 3.05) is 18.1 Å². The number of aromatic nitrogens is 4. The van der Waals surface area contributed by atoms with Gasteiger partial charge in [-0.05, 0) is 50.1 Å². The third kappa shape index (κ3) is 3.61. The van der Waals surface area contributed by atoms with E-state index < -0.39 is 0 Å². The molecule has 0 radical (unpaired) electrons. The Morgan fingerprint density at radius 1 is 1.06 bits per heavy atom. The number of fused-ring (bicyclic) bond motifs is 3. The number of nitrogens with zero attached hydrogens (tertiary/aromatic N) is 5. The average Bonchev–Trinajstić information content (AvgIpc) is 3.21. The van der Waals surface area contributed by atoms with Crippen molar-refractivity contribution >= 4 is 22.8 Å². The number of hydrogen-bond donors (Lipinski definition) is 0. The van der Waals surface area contributed by atoms with Crippen molar-refractivity contribution in [3.05, 3.63) is 80.5 Å². The van der Waals surface area contributed by atoms with Crippen LogP contribution in [0.3, 0.4) is 0 Å². The number of hydrogen-bond acceptors (Lipinski definition) is 5. The van der Waals surface area contributed by atoms with Crippen LogP contribution in [-0.2, 0) is 20.1 Å². The van der Waals surface area contributed by atoms with Gasteiger partial charge in [0, 0.05) is 25.8 Å². The predicted molar refractivity (Wildman–Crippen MR) is 129 cm³/mol. The molecule has 8 heteroatoms. The summed E-state index contributed by atoms with van der Waals surface area (Å²) in [7, 11) is 1.68. The number of rotatable bonds is 5. The highest BCUT2D eigenvalue weighted by Crippen LogP contribution is 2.31. The minimum absolute atomic E-state index is 0.228. The van der Waals surface area contributed by atoms with E-state index >= 15 is 0 Å². The van der Waals surface area contributed by atoms with Gasteiger partial charge in [-0.1, -0.05) is 29.8 Å². The molecule has 5 rings (SSSR count). The molecule has 8 nitrogen and oxygen atoms in total. The molecule has 0 aliphatic carbocycles. The molecule has 2 aromatic heterocycles. The van der Waals surface area contributed by atoms with Gasteiger partial charge in [-0.25, -0.2) is 4.79 Å². The molecule has 4 aromatic rings. The molecule has 0 N–H and O–H groups in total. The Labute approximate surface area is 191 Å². The van der Waals surface area contributed by atoms with Gasteiger partial charge in [0.05, 0.1) is 13.2 Å². The first kappa shape index (κ1) is 21.1. The number of aryl methyl sites for hydroxylation is 3. The average molecular weight is 446 g/mol. The van der Waals surface area contributed by atoms with Gasteiger partial charge in [-0.15, -0.1) is 0 Å². The van der Waals surface area contributed by atoms with Gasteiger partial charge >= 0.3 is 5.69 Å². The smallest absolute Gasteiger partial charge is 0.332 e. The molecule has 170 valence electrons. The Morgan fingerprint density at radius 2 is 1.85 bits per heavy atom. The molecule has 1 aliphatic heterocycles. The fourth-order valence-electron chi connectivity index (χ4n) is 4.53. The van der Waals surface area contributed by atoms with Crippen LogP contribution in [0.4, 0.5) is 11.6 Å². The minimum atomic E-state index is -0.364. The van der Waals surface area contributed by atoms with Crippen molar-refractivity contribution in [2.24, 2.45) is 7.05 Å². The molecule has 2 aromatic carbocycles. The van der Waals surface area contributed by atoms with E-state index in [2.05, 4.69) is 4.90 Å². The van der Waals surface area contributed by atoms with E-state index in [0.29, 0.717) is 30.3 Å². The van der Waals surface area contributed by atoms with Gasteiger partial charge < -0.3 is 14.2 Å². The third-order valence-corrected chi connectivity index (χ3v) is 6.10. The molecule has 0 unspecified atom stereocenters. The lowest BCUT2D eigenvalue weighted by molar-refractivity contribution is 0.340. The van der Waals surface area contributed by atoms with Crippen molar-refractivity contribution in [1.82, 2.24) is 18.7 Å². The molecular weight excluding hydrogens is 418 g/mol. The molecule has 0 saturated carbocycles. The summed E-state index contributed by atoms with van der Waals surface area (Å²) in [4.78, 5) is 33.5. The lowest BCUT2D eigenvalue weighted by atomic mass is 10.1. The second-order valence-corrected chi connectivity index (χ2v) is 8.39. The molecule has 0 atom stereocenters. The van der Waals surface area contributed by atoms with Crippen LogP contribution >= 0.6 is 0 Å². The van der Waals surface area contributed by atoms with E-state index in [9.17, 15) is 9.59 Å². The molecule has 0 fully saturated rings. The normalized spacial score (nSPS) is 13.4. The van der Waals surface area contributed by atoms with E-state index in [1.807, 2.05) is 66.9 Å². The quantitative estimate of drug-likeness (QED) is 0.472. The van der Waals surface area contributed by atoms with Gasteiger partial charge in [0.2, 0.25) is 5.95 Å². The van der Waals surface area contributed by atoms with E-state index in [-0.39, 0.29) is 17.8 Å². The number of ether oxygens (including phenoxy) is 1. The molecule has 0 amide bonds. The standard InChI is InChI=1S/C25H27N5O3/c1-4-33-20-11-9-19(10-12-20)28-13-6-14-29-21-22(26-24(28)29)27(3)25(32)30(23(21)31)16-18-8-5-7-17(2)15-18/h5,7-12,15H,4,6,13-14,16H2,1-3H3. The van der Waals surface area contributed by atoms with Crippen molar-refractivity contribution in [2.45, 2.75) is 33.4 Å². The van der Waals surface area contributed by atoms with Crippen molar-refractivity contribution in [1.29, 1.82) is 0 Å². The summed E-state index contributed by atoms with van der Waals surface area (Å²) in [6, 6.07) is 15.7. The zero-order valence-corrected chi connectivity index (χ0v) is 19.1. The molecule has 0 bridgehead atoms. The van der Waals surface area contributed by atoms with Gasteiger partial charge in [-0.2, -0.15) is 4.98 Å². The van der Waals surface area contributed by atoms with Crippen LogP contribution in [0.25, 0.3) is 11.2 Å². The summed E-state index contributed by atoms with van der Waals surface area (Å²) >= 11 is 0. The zero-order chi connectivity index (χ0) is 23.1. The first-order valence-corrected chi connectivity index (χ1v) is 11.2. The minimum Gasteiger partial charge on any atom is -0.494 e. The number of imidazole rings is 1.